The van der Waals surface area contributed by atoms with Crippen LogP contribution in [0.25, 0.3) is 0 Å². The highest BCUT2D eigenvalue weighted by Gasteiger charge is 2.35. The summed E-state index contributed by atoms with van der Waals surface area (Å²) in [6, 6.07) is 0.496. The van der Waals surface area contributed by atoms with Gasteiger partial charge in [-0.05, 0) is 36.9 Å². The molecule has 2 atom stereocenters. The third-order valence-corrected chi connectivity index (χ3v) is 5.12. The molecule has 0 bridgehead atoms. The van der Waals surface area contributed by atoms with Gasteiger partial charge < -0.3 is 10.6 Å². The highest BCUT2D eigenvalue weighted by molar-refractivity contribution is 7.99. The van der Waals surface area contributed by atoms with Crippen molar-refractivity contribution < 1.29 is 4.79 Å². The molecule has 0 aromatic rings. The van der Waals surface area contributed by atoms with E-state index in [0.717, 1.165) is 31.6 Å². The Morgan fingerprint density at radius 1 is 1.41 bits per heavy atom. The lowest BCUT2D eigenvalue weighted by Gasteiger charge is -2.40. The van der Waals surface area contributed by atoms with Crippen molar-refractivity contribution in [3.05, 3.63) is 0 Å². The van der Waals surface area contributed by atoms with Gasteiger partial charge in [0.15, 0.2) is 0 Å². The Bertz CT molecular complexity index is 281. The van der Waals surface area contributed by atoms with E-state index in [-0.39, 0.29) is 11.9 Å². The van der Waals surface area contributed by atoms with Crippen LogP contribution in [0.4, 0.5) is 0 Å². The number of carbonyl (C=O) groups excluding carboxylic acids is 1. The maximum Gasteiger partial charge on any atom is 0.237 e. The van der Waals surface area contributed by atoms with Crippen molar-refractivity contribution in [3.8, 4) is 0 Å². The number of hydrogen-bond donors (Lipinski definition) is 2. The summed E-state index contributed by atoms with van der Waals surface area (Å²) in [5, 5.41) is 6.61. The number of rotatable bonds is 2. The zero-order valence-electron chi connectivity index (χ0n) is 10.9. The quantitative estimate of drug-likeness (QED) is 0.791. The van der Waals surface area contributed by atoms with E-state index in [1.165, 1.54) is 12.2 Å². The fourth-order valence-corrected chi connectivity index (χ4v) is 4.17. The molecule has 0 spiro atoms. The molecule has 0 saturated carbocycles. The van der Waals surface area contributed by atoms with Crippen LogP contribution in [0.1, 0.15) is 39.5 Å². The van der Waals surface area contributed by atoms with Gasteiger partial charge in [0.25, 0.3) is 0 Å². The second kappa shape index (κ2) is 5.61. The van der Waals surface area contributed by atoms with Crippen molar-refractivity contribution >= 4 is 17.7 Å². The first-order chi connectivity index (χ1) is 8.09. The second-order valence-electron chi connectivity index (χ2n) is 5.87. The largest absolute Gasteiger partial charge is 0.355 e. The van der Waals surface area contributed by atoms with E-state index in [2.05, 4.69) is 24.5 Å². The molecule has 2 unspecified atom stereocenters. The Labute approximate surface area is 108 Å². The molecule has 2 saturated heterocycles. The Morgan fingerprint density at radius 2 is 2.24 bits per heavy atom. The van der Waals surface area contributed by atoms with Gasteiger partial charge in [-0.1, -0.05) is 13.8 Å². The van der Waals surface area contributed by atoms with Crippen molar-refractivity contribution in [1.82, 2.24) is 10.6 Å². The maximum atomic E-state index is 11.9. The third-order valence-electron chi connectivity index (χ3n) is 4.06. The van der Waals surface area contributed by atoms with Gasteiger partial charge in [-0.25, -0.2) is 0 Å². The molecule has 98 valence electrons. The summed E-state index contributed by atoms with van der Waals surface area (Å²) in [6.07, 6.45) is 4.50. The van der Waals surface area contributed by atoms with Gasteiger partial charge in [0.2, 0.25) is 5.91 Å². The monoisotopic (exact) mass is 256 g/mol. The fourth-order valence-electron chi connectivity index (χ4n) is 2.55. The van der Waals surface area contributed by atoms with Crippen LogP contribution in [-0.2, 0) is 4.79 Å². The first kappa shape index (κ1) is 13.2. The highest BCUT2D eigenvalue weighted by Crippen LogP contribution is 2.34. The van der Waals surface area contributed by atoms with Gasteiger partial charge in [-0.2, -0.15) is 11.8 Å². The van der Waals surface area contributed by atoms with Crippen LogP contribution in [0.5, 0.6) is 0 Å². The number of thioether (sulfide) groups is 1. The molecule has 17 heavy (non-hydrogen) atoms. The summed E-state index contributed by atoms with van der Waals surface area (Å²) >= 11 is 2.01. The molecular weight excluding hydrogens is 232 g/mol. The van der Waals surface area contributed by atoms with Crippen LogP contribution >= 0.6 is 11.8 Å². The molecular formula is C13H24N2OS. The molecule has 2 aliphatic heterocycles. The summed E-state index contributed by atoms with van der Waals surface area (Å²) in [6.45, 7) is 5.48. The van der Waals surface area contributed by atoms with Crippen molar-refractivity contribution in [3.63, 3.8) is 0 Å². The standard InChI is InChI=1S/C13H24N2OS/c1-13(2)6-8-17-9-11(13)15-10-5-3-4-7-14-12(10)16/h10-11,15H,3-9H2,1-2H3,(H,14,16). The maximum absolute atomic E-state index is 11.9. The molecule has 2 heterocycles. The Hall–Kier alpha value is -0.220. The lowest BCUT2D eigenvalue weighted by Crippen LogP contribution is -2.54. The molecule has 2 fully saturated rings. The fraction of sp³-hybridized carbons (Fsp3) is 0.923. The van der Waals surface area contributed by atoms with E-state index < -0.39 is 0 Å². The molecule has 0 aromatic heterocycles. The Morgan fingerprint density at radius 3 is 3.00 bits per heavy atom. The van der Waals surface area contributed by atoms with Crippen LogP contribution < -0.4 is 10.6 Å². The average molecular weight is 256 g/mol. The normalized spacial score (nSPS) is 33.9. The molecule has 0 radical (unpaired) electrons. The van der Waals surface area contributed by atoms with Crippen LogP contribution in [0.2, 0.25) is 0 Å². The summed E-state index contributed by atoms with van der Waals surface area (Å²) in [4.78, 5) is 11.9. The summed E-state index contributed by atoms with van der Waals surface area (Å²) < 4.78 is 0. The molecule has 0 aliphatic carbocycles. The molecule has 2 aliphatic rings. The second-order valence-corrected chi connectivity index (χ2v) is 7.02. The Kier molecular flexibility index (Phi) is 4.36. The topological polar surface area (TPSA) is 41.1 Å². The van der Waals surface area contributed by atoms with E-state index in [1.54, 1.807) is 0 Å². The molecule has 3 nitrogen and oxygen atoms in total. The minimum atomic E-state index is 0.0282. The van der Waals surface area contributed by atoms with Crippen molar-refractivity contribution in [2.75, 3.05) is 18.1 Å². The van der Waals surface area contributed by atoms with E-state index in [4.69, 9.17) is 0 Å². The number of amides is 1. The predicted molar refractivity (Wildman–Crippen MR) is 73.3 cm³/mol. The van der Waals surface area contributed by atoms with Gasteiger partial charge >= 0.3 is 0 Å². The summed E-state index contributed by atoms with van der Waals surface area (Å²) in [7, 11) is 0. The number of carbonyl (C=O) groups is 1. The van der Waals surface area contributed by atoms with Crippen molar-refractivity contribution in [1.29, 1.82) is 0 Å². The molecule has 0 aromatic carbocycles. The van der Waals surface area contributed by atoms with Gasteiger partial charge in [0, 0.05) is 18.3 Å². The third kappa shape index (κ3) is 3.38. The van der Waals surface area contributed by atoms with Crippen LogP contribution in [0, 0.1) is 5.41 Å². The van der Waals surface area contributed by atoms with Gasteiger partial charge in [0.1, 0.15) is 0 Å². The molecule has 2 N–H and O–H groups in total. The van der Waals surface area contributed by atoms with Crippen molar-refractivity contribution in [2.45, 2.75) is 51.6 Å². The number of nitrogens with one attached hydrogen (secondary N) is 2. The molecule has 1 amide bonds. The predicted octanol–water partition coefficient (Wildman–Crippen LogP) is 1.78. The first-order valence-electron chi connectivity index (χ1n) is 6.71. The minimum absolute atomic E-state index is 0.0282. The van der Waals surface area contributed by atoms with Crippen LogP contribution in [0.15, 0.2) is 0 Å². The Balaban J connectivity index is 1.96. The van der Waals surface area contributed by atoms with Gasteiger partial charge in [-0.3, -0.25) is 4.79 Å². The minimum Gasteiger partial charge on any atom is -0.355 e. The van der Waals surface area contributed by atoms with E-state index in [1.807, 2.05) is 11.8 Å². The van der Waals surface area contributed by atoms with Gasteiger partial charge in [-0.15, -0.1) is 0 Å². The van der Waals surface area contributed by atoms with Crippen LogP contribution in [-0.4, -0.2) is 36.0 Å². The average Bonchev–Trinajstić information content (AvgIpc) is 2.47. The lowest BCUT2D eigenvalue weighted by molar-refractivity contribution is -0.123. The van der Waals surface area contributed by atoms with Crippen molar-refractivity contribution in [2.24, 2.45) is 5.41 Å². The summed E-state index contributed by atoms with van der Waals surface area (Å²) in [5.74, 6) is 2.59. The zero-order valence-corrected chi connectivity index (χ0v) is 11.7. The van der Waals surface area contributed by atoms with E-state index >= 15 is 0 Å². The first-order valence-corrected chi connectivity index (χ1v) is 7.86. The molecule has 2 rings (SSSR count). The SMILES string of the molecule is CC1(C)CCSCC1NC1CCCCNC1=O. The summed E-state index contributed by atoms with van der Waals surface area (Å²) in [5.41, 5.74) is 0.317. The smallest absolute Gasteiger partial charge is 0.237 e. The molecule has 4 heteroatoms. The van der Waals surface area contributed by atoms with Crippen LogP contribution in [0.3, 0.4) is 0 Å². The van der Waals surface area contributed by atoms with Gasteiger partial charge in [0.05, 0.1) is 6.04 Å². The number of hydrogen-bond acceptors (Lipinski definition) is 3. The van der Waals surface area contributed by atoms with E-state index in [0.29, 0.717) is 11.5 Å². The lowest BCUT2D eigenvalue weighted by atomic mass is 9.81. The zero-order chi connectivity index (χ0) is 12.3. The highest BCUT2D eigenvalue weighted by atomic mass is 32.2. The van der Waals surface area contributed by atoms with E-state index in [9.17, 15) is 4.79 Å².